The van der Waals surface area contributed by atoms with E-state index in [-0.39, 0.29) is 11.9 Å². The lowest BCUT2D eigenvalue weighted by Crippen LogP contribution is -2.28. The van der Waals surface area contributed by atoms with Crippen molar-refractivity contribution in [2.24, 2.45) is 5.73 Å². The molecule has 1 heterocycles. The molecule has 0 bridgehead atoms. The first-order chi connectivity index (χ1) is 7.08. The van der Waals surface area contributed by atoms with E-state index in [1.807, 2.05) is 18.2 Å². The Morgan fingerprint density at radius 2 is 2.27 bits per heavy atom. The molecular formula is C10H10BrIN2O. The number of carbonyl (C=O) groups excluding carboxylic acids is 1. The van der Waals surface area contributed by atoms with E-state index >= 15 is 0 Å². The minimum atomic E-state index is -0.0306. The summed E-state index contributed by atoms with van der Waals surface area (Å²) in [6.45, 7) is 0.621. The Labute approximate surface area is 110 Å². The van der Waals surface area contributed by atoms with Crippen LogP contribution < -0.4 is 10.6 Å². The van der Waals surface area contributed by atoms with E-state index in [1.165, 1.54) is 0 Å². The molecule has 0 saturated carbocycles. The predicted octanol–water partition coefficient (Wildman–Crippen LogP) is 2.12. The average molecular weight is 381 g/mol. The summed E-state index contributed by atoms with van der Waals surface area (Å²) in [5.74, 6) is 0.114. The maximum Gasteiger partial charge on any atom is 0.228 e. The van der Waals surface area contributed by atoms with Crippen molar-refractivity contribution in [2.45, 2.75) is 12.5 Å². The van der Waals surface area contributed by atoms with Crippen LogP contribution in [0.5, 0.6) is 0 Å². The summed E-state index contributed by atoms with van der Waals surface area (Å²) in [6, 6.07) is 5.85. The molecule has 1 amide bonds. The molecule has 5 heteroatoms. The minimum Gasteiger partial charge on any atom is -0.326 e. The van der Waals surface area contributed by atoms with Crippen molar-refractivity contribution >= 4 is 50.1 Å². The maximum atomic E-state index is 11.7. The van der Waals surface area contributed by atoms with Crippen molar-refractivity contribution in [3.63, 3.8) is 0 Å². The highest BCUT2D eigenvalue weighted by Gasteiger charge is 2.28. The van der Waals surface area contributed by atoms with E-state index in [9.17, 15) is 4.79 Å². The van der Waals surface area contributed by atoms with E-state index < -0.39 is 0 Å². The molecule has 1 unspecified atom stereocenters. The van der Waals surface area contributed by atoms with Gasteiger partial charge >= 0.3 is 0 Å². The Balaban J connectivity index is 2.34. The first-order valence-corrected chi connectivity index (χ1v) is 6.46. The lowest BCUT2D eigenvalue weighted by Gasteiger charge is -2.17. The molecular weight excluding hydrogens is 371 g/mol. The molecule has 80 valence electrons. The number of nitrogens with two attached hydrogens (primary N) is 1. The largest absolute Gasteiger partial charge is 0.326 e. The molecule has 1 fully saturated rings. The monoisotopic (exact) mass is 380 g/mol. The molecule has 0 aliphatic carbocycles. The standard InChI is InChI=1S/C10H10BrIN2O/c11-6-1-2-9(8(12)3-6)14-5-7(13)4-10(14)15/h1-3,7H,4-5,13H2. The summed E-state index contributed by atoms with van der Waals surface area (Å²) < 4.78 is 2.08. The molecule has 2 rings (SSSR count). The van der Waals surface area contributed by atoms with Crippen LogP contribution in [0.4, 0.5) is 5.69 Å². The van der Waals surface area contributed by atoms with Crippen LogP contribution in [0.3, 0.4) is 0 Å². The number of halogens is 2. The number of benzene rings is 1. The molecule has 1 aliphatic rings. The number of hydrogen-bond acceptors (Lipinski definition) is 2. The van der Waals surface area contributed by atoms with Crippen LogP contribution in [0.1, 0.15) is 6.42 Å². The summed E-state index contributed by atoms with van der Waals surface area (Å²) in [6.07, 6.45) is 0.451. The summed E-state index contributed by atoms with van der Waals surface area (Å²) >= 11 is 5.63. The van der Waals surface area contributed by atoms with E-state index in [2.05, 4.69) is 38.5 Å². The van der Waals surface area contributed by atoms with Crippen molar-refractivity contribution in [3.8, 4) is 0 Å². The Bertz CT molecular complexity index is 410. The lowest BCUT2D eigenvalue weighted by atomic mass is 10.3. The lowest BCUT2D eigenvalue weighted by molar-refractivity contribution is -0.117. The van der Waals surface area contributed by atoms with Gasteiger partial charge in [-0.15, -0.1) is 0 Å². The van der Waals surface area contributed by atoms with E-state index in [4.69, 9.17) is 5.73 Å². The minimum absolute atomic E-state index is 0.0306. The number of hydrogen-bond donors (Lipinski definition) is 1. The molecule has 2 N–H and O–H groups in total. The van der Waals surface area contributed by atoms with Crippen molar-refractivity contribution in [2.75, 3.05) is 11.4 Å². The smallest absolute Gasteiger partial charge is 0.228 e. The van der Waals surface area contributed by atoms with Crippen molar-refractivity contribution in [1.29, 1.82) is 0 Å². The molecule has 0 radical (unpaired) electrons. The Morgan fingerprint density at radius 3 is 2.80 bits per heavy atom. The van der Waals surface area contributed by atoms with E-state index in [1.54, 1.807) is 4.90 Å². The van der Waals surface area contributed by atoms with E-state index in [0.29, 0.717) is 13.0 Å². The molecule has 1 aliphatic heterocycles. The van der Waals surface area contributed by atoms with Gasteiger partial charge in [-0.05, 0) is 40.8 Å². The molecule has 0 spiro atoms. The van der Waals surface area contributed by atoms with Gasteiger partial charge in [0.25, 0.3) is 0 Å². The number of nitrogens with zero attached hydrogens (tertiary/aromatic N) is 1. The summed E-state index contributed by atoms with van der Waals surface area (Å²) in [5.41, 5.74) is 6.71. The average Bonchev–Trinajstić information content (AvgIpc) is 2.45. The van der Waals surface area contributed by atoms with Gasteiger partial charge < -0.3 is 10.6 Å². The van der Waals surface area contributed by atoms with Gasteiger partial charge in [-0.3, -0.25) is 4.79 Å². The third kappa shape index (κ3) is 2.34. The second-order valence-electron chi connectivity index (χ2n) is 3.56. The highest BCUT2D eigenvalue weighted by Crippen LogP contribution is 2.28. The van der Waals surface area contributed by atoms with Gasteiger partial charge in [-0.1, -0.05) is 15.9 Å². The van der Waals surface area contributed by atoms with Gasteiger partial charge in [0.1, 0.15) is 0 Å². The maximum absolute atomic E-state index is 11.7. The number of amides is 1. The molecule has 1 saturated heterocycles. The van der Waals surface area contributed by atoms with Crippen LogP contribution in [-0.2, 0) is 4.79 Å². The fourth-order valence-electron chi connectivity index (χ4n) is 1.67. The van der Waals surface area contributed by atoms with Crippen LogP contribution >= 0.6 is 38.5 Å². The SMILES string of the molecule is NC1CC(=O)N(c2ccc(Br)cc2I)C1. The van der Waals surface area contributed by atoms with Crippen LogP contribution in [0.15, 0.2) is 22.7 Å². The quantitative estimate of drug-likeness (QED) is 0.758. The third-order valence-electron chi connectivity index (χ3n) is 2.36. The molecule has 1 aromatic rings. The predicted molar refractivity (Wildman–Crippen MR) is 71.8 cm³/mol. The topological polar surface area (TPSA) is 46.3 Å². The Hall–Kier alpha value is -0.140. The Morgan fingerprint density at radius 1 is 1.53 bits per heavy atom. The van der Waals surface area contributed by atoms with Gasteiger partial charge in [-0.2, -0.15) is 0 Å². The van der Waals surface area contributed by atoms with Crippen LogP contribution in [0.2, 0.25) is 0 Å². The number of carbonyl (C=O) groups is 1. The molecule has 0 aromatic heterocycles. The van der Waals surface area contributed by atoms with Crippen molar-refractivity contribution < 1.29 is 4.79 Å². The first-order valence-electron chi connectivity index (χ1n) is 4.59. The fraction of sp³-hybridized carbons (Fsp3) is 0.300. The highest BCUT2D eigenvalue weighted by atomic mass is 127. The summed E-state index contributed by atoms with van der Waals surface area (Å²) in [5, 5.41) is 0. The van der Waals surface area contributed by atoms with Gasteiger partial charge in [-0.25, -0.2) is 0 Å². The van der Waals surface area contributed by atoms with Gasteiger partial charge in [0.05, 0.1) is 5.69 Å². The second kappa shape index (κ2) is 4.39. The van der Waals surface area contributed by atoms with Crippen LogP contribution in [0.25, 0.3) is 0 Å². The van der Waals surface area contributed by atoms with E-state index in [0.717, 1.165) is 13.7 Å². The van der Waals surface area contributed by atoms with Crippen molar-refractivity contribution in [1.82, 2.24) is 0 Å². The van der Waals surface area contributed by atoms with Gasteiger partial charge in [0.2, 0.25) is 5.91 Å². The van der Waals surface area contributed by atoms with Gasteiger partial charge in [0.15, 0.2) is 0 Å². The number of anilines is 1. The molecule has 15 heavy (non-hydrogen) atoms. The zero-order chi connectivity index (χ0) is 11.0. The zero-order valence-corrected chi connectivity index (χ0v) is 11.7. The molecule has 3 nitrogen and oxygen atoms in total. The molecule has 1 aromatic carbocycles. The van der Waals surface area contributed by atoms with Crippen LogP contribution in [-0.4, -0.2) is 18.5 Å². The normalized spacial score (nSPS) is 21.1. The second-order valence-corrected chi connectivity index (χ2v) is 5.64. The fourth-order valence-corrected chi connectivity index (χ4v) is 3.26. The Kier molecular flexibility index (Phi) is 3.32. The first kappa shape index (κ1) is 11.3. The number of rotatable bonds is 1. The summed E-state index contributed by atoms with van der Waals surface area (Å²) in [4.78, 5) is 13.4. The third-order valence-corrected chi connectivity index (χ3v) is 3.71. The van der Waals surface area contributed by atoms with Gasteiger partial charge in [0, 0.05) is 27.1 Å². The molecule has 1 atom stereocenters. The zero-order valence-electron chi connectivity index (χ0n) is 7.91. The van der Waals surface area contributed by atoms with Crippen molar-refractivity contribution in [3.05, 3.63) is 26.2 Å². The highest BCUT2D eigenvalue weighted by molar-refractivity contribution is 14.1. The summed E-state index contributed by atoms with van der Waals surface area (Å²) in [7, 11) is 0. The van der Waals surface area contributed by atoms with Crippen LogP contribution in [0, 0.1) is 3.57 Å².